The molecule has 2 heterocycles. The normalized spacial score (nSPS) is 13.9. The lowest BCUT2D eigenvalue weighted by Gasteiger charge is -2.07. The first-order valence-corrected chi connectivity index (χ1v) is 5.04. The van der Waals surface area contributed by atoms with E-state index in [2.05, 4.69) is 4.98 Å². The van der Waals surface area contributed by atoms with Crippen LogP contribution in [0.15, 0.2) is 24.3 Å². The molecule has 0 aliphatic carbocycles. The Hall–Kier alpha value is -1.61. The molecular formula is C12H11NO2. The molecule has 0 amide bonds. The maximum atomic E-state index is 9.24. The van der Waals surface area contributed by atoms with Gasteiger partial charge in [0, 0.05) is 17.4 Å². The fourth-order valence-corrected chi connectivity index (χ4v) is 2.08. The topological polar surface area (TPSA) is 42.4 Å². The number of hydrogen-bond donors (Lipinski definition) is 1. The number of para-hydroxylation sites is 1. The molecule has 0 saturated heterocycles. The number of aliphatic hydroxyl groups excluding tert-OH is 1. The van der Waals surface area contributed by atoms with Crippen LogP contribution in [0, 0.1) is 0 Å². The lowest BCUT2D eigenvalue weighted by atomic mass is 10.1. The van der Waals surface area contributed by atoms with Gasteiger partial charge in [0.05, 0.1) is 24.4 Å². The molecule has 1 aromatic heterocycles. The monoisotopic (exact) mass is 201 g/mol. The number of rotatable bonds is 1. The van der Waals surface area contributed by atoms with E-state index in [1.807, 2.05) is 24.3 Å². The van der Waals surface area contributed by atoms with Crippen LogP contribution in [-0.2, 0) is 13.0 Å². The summed E-state index contributed by atoms with van der Waals surface area (Å²) in [7, 11) is 0. The van der Waals surface area contributed by atoms with Crippen molar-refractivity contribution >= 4 is 10.9 Å². The summed E-state index contributed by atoms with van der Waals surface area (Å²) in [5.41, 5.74) is 2.71. The fraction of sp³-hybridized carbons (Fsp3) is 0.250. The summed E-state index contributed by atoms with van der Waals surface area (Å²) in [5, 5.41) is 10.3. The Morgan fingerprint density at radius 3 is 3.07 bits per heavy atom. The lowest BCUT2D eigenvalue weighted by molar-refractivity contribution is 0.276. The van der Waals surface area contributed by atoms with Gasteiger partial charge in [0.1, 0.15) is 5.75 Å². The number of pyridine rings is 1. The number of nitrogens with zero attached hydrogens (tertiary/aromatic N) is 1. The van der Waals surface area contributed by atoms with Crippen LogP contribution in [0.5, 0.6) is 5.75 Å². The van der Waals surface area contributed by atoms with Crippen LogP contribution in [0.4, 0.5) is 0 Å². The van der Waals surface area contributed by atoms with E-state index in [-0.39, 0.29) is 6.61 Å². The standard InChI is InChI=1S/C12H11NO2/c14-7-11-9-5-6-15-12(9)8-3-1-2-4-10(8)13-11/h1-4,14H,5-7H2. The summed E-state index contributed by atoms with van der Waals surface area (Å²) in [4.78, 5) is 4.44. The van der Waals surface area contributed by atoms with Crippen molar-refractivity contribution < 1.29 is 9.84 Å². The number of aliphatic hydroxyl groups is 1. The molecule has 0 radical (unpaired) electrons. The minimum atomic E-state index is -0.0173. The molecule has 0 unspecified atom stereocenters. The van der Waals surface area contributed by atoms with Crippen LogP contribution in [0.1, 0.15) is 11.3 Å². The van der Waals surface area contributed by atoms with Gasteiger partial charge in [0.25, 0.3) is 0 Å². The smallest absolute Gasteiger partial charge is 0.133 e. The number of hydrogen-bond acceptors (Lipinski definition) is 3. The summed E-state index contributed by atoms with van der Waals surface area (Å²) in [5.74, 6) is 0.907. The third-order valence-electron chi connectivity index (χ3n) is 2.77. The van der Waals surface area contributed by atoms with Crippen molar-refractivity contribution in [3.63, 3.8) is 0 Å². The third kappa shape index (κ3) is 1.20. The van der Waals surface area contributed by atoms with Crippen LogP contribution in [-0.4, -0.2) is 16.7 Å². The molecule has 0 bridgehead atoms. The molecule has 15 heavy (non-hydrogen) atoms. The van der Waals surface area contributed by atoms with Crippen molar-refractivity contribution in [1.82, 2.24) is 4.98 Å². The van der Waals surface area contributed by atoms with E-state index in [1.54, 1.807) is 0 Å². The molecule has 2 aromatic rings. The molecule has 1 aliphatic heterocycles. The van der Waals surface area contributed by atoms with Crippen LogP contribution in [0.3, 0.4) is 0 Å². The Balaban J connectivity index is 2.40. The fourth-order valence-electron chi connectivity index (χ4n) is 2.08. The molecule has 1 aromatic carbocycles. The highest BCUT2D eigenvalue weighted by atomic mass is 16.5. The quantitative estimate of drug-likeness (QED) is 0.763. The highest BCUT2D eigenvalue weighted by molar-refractivity contribution is 5.87. The second-order valence-electron chi connectivity index (χ2n) is 3.64. The van der Waals surface area contributed by atoms with Gasteiger partial charge in [0.2, 0.25) is 0 Å². The highest BCUT2D eigenvalue weighted by Gasteiger charge is 2.20. The molecule has 0 spiro atoms. The van der Waals surface area contributed by atoms with Gasteiger partial charge in [-0.3, -0.25) is 0 Å². The molecule has 0 saturated carbocycles. The molecule has 3 nitrogen and oxygen atoms in total. The molecule has 1 N–H and O–H groups in total. The largest absolute Gasteiger partial charge is 0.492 e. The predicted molar refractivity (Wildman–Crippen MR) is 56.9 cm³/mol. The molecular weight excluding hydrogens is 190 g/mol. The van der Waals surface area contributed by atoms with Crippen LogP contribution in [0.2, 0.25) is 0 Å². The zero-order valence-corrected chi connectivity index (χ0v) is 8.23. The Bertz CT molecular complexity index is 522. The van der Waals surface area contributed by atoms with Crippen molar-refractivity contribution in [3.05, 3.63) is 35.5 Å². The maximum absolute atomic E-state index is 9.24. The van der Waals surface area contributed by atoms with E-state index in [0.29, 0.717) is 6.61 Å². The van der Waals surface area contributed by atoms with Gasteiger partial charge in [-0.25, -0.2) is 4.98 Å². The van der Waals surface area contributed by atoms with Gasteiger partial charge in [-0.15, -0.1) is 0 Å². The minimum Gasteiger partial charge on any atom is -0.492 e. The lowest BCUT2D eigenvalue weighted by Crippen LogP contribution is -1.96. The number of ether oxygens (including phenoxy) is 1. The average molecular weight is 201 g/mol. The zero-order valence-electron chi connectivity index (χ0n) is 8.23. The summed E-state index contributed by atoms with van der Waals surface area (Å²) >= 11 is 0. The number of aromatic nitrogens is 1. The molecule has 3 rings (SSSR count). The van der Waals surface area contributed by atoms with Gasteiger partial charge in [-0.2, -0.15) is 0 Å². The van der Waals surface area contributed by atoms with Crippen LogP contribution in [0.25, 0.3) is 10.9 Å². The first-order valence-electron chi connectivity index (χ1n) is 5.04. The van der Waals surface area contributed by atoms with Crippen molar-refractivity contribution in [2.24, 2.45) is 0 Å². The summed E-state index contributed by atoms with van der Waals surface area (Å²) in [6, 6.07) is 7.87. The van der Waals surface area contributed by atoms with Crippen molar-refractivity contribution in [2.75, 3.05) is 6.61 Å². The van der Waals surface area contributed by atoms with Crippen LogP contribution >= 0.6 is 0 Å². The molecule has 1 aliphatic rings. The Morgan fingerprint density at radius 1 is 1.33 bits per heavy atom. The summed E-state index contributed by atoms with van der Waals surface area (Å²) < 4.78 is 5.60. The molecule has 3 heteroatoms. The number of benzene rings is 1. The van der Waals surface area contributed by atoms with Crippen molar-refractivity contribution in [2.45, 2.75) is 13.0 Å². The average Bonchev–Trinajstić information content (AvgIpc) is 2.77. The molecule has 0 fully saturated rings. The van der Waals surface area contributed by atoms with Gasteiger partial charge < -0.3 is 9.84 Å². The SMILES string of the molecule is OCc1nc2ccccc2c2c1CCO2. The van der Waals surface area contributed by atoms with Gasteiger partial charge in [-0.05, 0) is 12.1 Å². The highest BCUT2D eigenvalue weighted by Crippen LogP contribution is 2.34. The summed E-state index contributed by atoms with van der Waals surface area (Å²) in [6.07, 6.45) is 0.850. The summed E-state index contributed by atoms with van der Waals surface area (Å²) in [6.45, 7) is 0.675. The third-order valence-corrected chi connectivity index (χ3v) is 2.77. The maximum Gasteiger partial charge on any atom is 0.133 e. The van der Waals surface area contributed by atoms with Crippen molar-refractivity contribution in [3.8, 4) is 5.75 Å². The minimum absolute atomic E-state index is 0.0173. The first-order chi connectivity index (χ1) is 7.40. The second-order valence-corrected chi connectivity index (χ2v) is 3.64. The molecule has 0 atom stereocenters. The predicted octanol–water partition coefficient (Wildman–Crippen LogP) is 1.66. The second kappa shape index (κ2) is 3.21. The Kier molecular flexibility index (Phi) is 1.86. The number of fused-ring (bicyclic) bond motifs is 3. The van der Waals surface area contributed by atoms with E-state index in [0.717, 1.165) is 34.3 Å². The van der Waals surface area contributed by atoms with Gasteiger partial charge in [0.15, 0.2) is 0 Å². The van der Waals surface area contributed by atoms with E-state index in [9.17, 15) is 5.11 Å². The zero-order chi connectivity index (χ0) is 10.3. The first kappa shape index (κ1) is 8.68. The van der Waals surface area contributed by atoms with E-state index >= 15 is 0 Å². The van der Waals surface area contributed by atoms with Crippen molar-refractivity contribution in [1.29, 1.82) is 0 Å². The molecule has 76 valence electrons. The van der Waals surface area contributed by atoms with E-state index < -0.39 is 0 Å². The van der Waals surface area contributed by atoms with E-state index in [4.69, 9.17) is 4.74 Å². The Morgan fingerprint density at radius 2 is 2.20 bits per heavy atom. The Labute approximate surface area is 87.3 Å². The van der Waals surface area contributed by atoms with Gasteiger partial charge in [-0.1, -0.05) is 12.1 Å². The van der Waals surface area contributed by atoms with E-state index in [1.165, 1.54) is 0 Å². The van der Waals surface area contributed by atoms with Gasteiger partial charge >= 0.3 is 0 Å². The van der Waals surface area contributed by atoms with Crippen LogP contribution < -0.4 is 4.74 Å².